The first-order chi connectivity index (χ1) is 16.7. The molecule has 0 aliphatic carbocycles. The number of rotatable bonds is 0. The minimum absolute atomic E-state index is 0.0959. The minimum Gasteiger partial charge on any atom is -0.468 e. The van der Waals surface area contributed by atoms with Gasteiger partial charge in [0, 0.05) is 43.3 Å². The summed E-state index contributed by atoms with van der Waals surface area (Å²) in [5, 5.41) is 5.45. The fourth-order valence-corrected chi connectivity index (χ4v) is 4.87. The summed E-state index contributed by atoms with van der Waals surface area (Å²) in [6.07, 6.45) is 5.22. The number of benzene rings is 3. The van der Waals surface area contributed by atoms with Crippen LogP contribution in [-0.2, 0) is 17.8 Å². The van der Waals surface area contributed by atoms with Crippen LogP contribution in [0.25, 0.3) is 15.6 Å². The van der Waals surface area contributed by atoms with E-state index in [1.165, 1.54) is 0 Å². The van der Waals surface area contributed by atoms with E-state index in [-0.39, 0.29) is 11.9 Å². The van der Waals surface area contributed by atoms with E-state index < -0.39 is 0 Å². The molecule has 34 heavy (non-hydrogen) atoms. The van der Waals surface area contributed by atoms with E-state index in [9.17, 15) is 4.79 Å². The third-order valence-electron chi connectivity index (χ3n) is 6.62. The summed E-state index contributed by atoms with van der Waals surface area (Å²) in [4.78, 5) is 23.1. The van der Waals surface area contributed by atoms with E-state index in [2.05, 4.69) is 19.7 Å². The van der Waals surface area contributed by atoms with E-state index in [0.717, 1.165) is 40.6 Å². The zero-order valence-corrected chi connectivity index (χ0v) is 18.6. The van der Waals surface area contributed by atoms with Crippen molar-refractivity contribution in [1.29, 1.82) is 0 Å². The lowest BCUT2D eigenvalue weighted by molar-refractivity contribution is -0.118. The summed E-state index contributed by atoms with van der Waals surface area (Å²) in [6, 6.07) is 17.4. The van der Waals surface area contributed by atoms with Crippen LogP contribution < -0.4 is 15.0 Å². The molecule has 4 aromatic rings. The Hall–Kier alpha value is -4.15. The zero-order valence-electron chi connectivity index (χ0n) is 18.6. The molecular formula is C27H23N5O2. The molecule has 0 spiro atoms. The molecule has 2 aliphatic heterocycles. The van der Waals surface area contributed by atoms with Crippen LogP contribution >= 0.6 is 0 Å². The van der Waals surface area contributed by atoms with Gasteiger partial charge in [-0.25, -0.2) is 9.83 Å². The van der Waals surface area contributed by atoms with E-state index in [1.807, 2.05) is 66.0 Å². The van der Waals surface area contributed by atoms with Gasteiger partial charge in [-0.3, -0.25) is 4.79 Å². The summed E-state index contributed by atoms with van der Waals surface area (Å²) >= 11 is 0. The lowest BCUT2D eigenvalue weighted by Crippen LogP contribution is -2.39. The van der Waals surface area contributed by atoms with Crippen LogP contribution in [0, 0.1) is 6.57 Å². The monoisotopic (exact) mass is 449 g/mol. The molecule has 1 aromatic heterocycles. The molecule has 7 nitrogen and oxygen atoms in total. The van der Waals surface area contributed by atoms with Gasteiger partial charge in [-0.2, -0.15) is 0 Å². The maximum atomic E-state index is 13.3. The van der Waals surface area contributed by atoms with Crippen LogP contribution in [0.5, 0.6) is 11.5 Å². The molecule has 1 saturated heterocycles. The number of amides is 1. The molecule has 0 saturated carbocycles. The quantitative estimate of drug-likeness (QED) is 0.396. The molecule has 6 rings (SSSR count). The van der Waals surface area contributed by atoms with Crippen molar-refractivity contribution in [2.45, 2.75) is 25.4 Å². The summed E-state index contributed by atoms with van der Waals surface area (Å²) in [5.41, 5.74) is 3.47. The molecule has 2 aliphatic rings. The number of nitrogens with zero attached hydrogens (tertiary/aromatic N) is 4. The van der Waals surface area contributed by atoms with E-state index in [1.54, 1.807) is 6.07 Å². The molecule has 0 radical (unpaired) electrons. The second-order valence-electron chi connectivity index (χ2n) is 8.72. The average Bonchev–Trinajstić information content (AvgIpc) is 3.44. The molecule has 1 fully saturated rings. The second-order valence-corrected chi connectivity index (χ2v) is 8.72. The lowest BCUT2D eigenvalue weighted by atomic mass is 10.1. The van der Waals surface area contributed by atoms with Gasteiger partial charge in [-0.05, 0) is 41.6 Å². The number of hydrogen-bond acceptors (Lipinski definition) is 4. The summed E-state index contributed by atoms with van der Waals surface area (Å²) in [6.45, 7) is 9.58. The average molecular weight is 450 g/mol. The van der Waals surface area contributed by atoms with Crippen LogP contribution in [0.3, 0.4) is 0 Å². The predicted molar refractivity (Wildman–Crippen MR) is 131 cm³/mol. The Morgan fingerprint density at radius 2 is 2.09 bits per heavy atom. The van der Waals surface area contributed by atoms with Gasteiger partial charge in [-0.15, -0.1) is 0 Å². The van der Waals surface area contributed by atoms with Gasteiger partial charge in [0.1, 0.15) is 11.5 Å². The van der Waals surface area contributed by atoms with Crippen molar-refractivity contribution in [2.24, 2.45) is 0 Å². The number of aromatic nitrogens is 2. The molecule has 1 N–H and O–H groups in total. The minimum atomic E-state index is -0.196. The highest BCUT2D eigenvalue weighted by atomic mass is 16.5. The van der Waals surface area contributed by atoms with E-state index in [0.29, 0.717) is 36.8 Å². The van der Waals surface area contributed by atoms with Crippen LogP contribution in [0.15, 0.2) is 67.1 Å². The third kappa shape index (κ3) is 3.58. The van der Waals surface area contributed by atoms with Crippen molar-refractivity contribution in [1.82, 2.24) is 14.9 Å². The fourth-order valence-electron chi connectivity index (χ4n) is 4.87. The van der Waals surface area contributed by atoms with Gasteiger partial charge in [0.05, 0.1) is 24.6 Å². The van der Waals surface area contributed by atoms with Gasteiger partial charge in [0.2, 0.25) is 11.6 Å². The number of nitrogens with one attached hydrogen (secondary N) is 1. The van der Waals surface area contributed by atoms with Crippen LogP contribution in [-0.4, -0.2) is 34.6 Å². The normalized spacial score (nSPS) is 17.8. The number of hydrogen-bond donors (Lipinski definition) is 1. The largest absolute Gasteiger partial charge is 0.468 e. The van der Waals surface area contributed by atoms with Crippen molar-refractivity contribution in [3.05, 3.63) is 89.8 Å². The maximum absolute atomic E-state index is 13.3. The fraction of sp³-hybridized carbons (Fsp3) is 0.222. The lowest BCUT2D eigenvalue weighted by Gasteiger charge is -2.20. The Labute approximate surface area is 197 Å². The molecule has 168 valence electrons. The van der Waals surface area contributed by atoms with Crippen molar-refractivity contribution in [2.75, 3.05) is 18.0 Å². The molecule has 0 unspecified atom stereocenters. The molecule has 7 heteroatoms. The Bertz CT molecular complexity index is 1450. The first-order valence-corrected chi connectivity index (χ1v) is 11.4. The number of fused-ring (bicyclic) bond motifs is 7. The van der Waals surface area contributed by atoms with Crippen molar-refractivity contribution < 1.29 is 9.53 Å². The van der Waals surface area contributed by atoms with Crippen LogP contribution in [0.4, 0.5) is 11.4 Å². The first kappa shape index (κ1) is 20.5. The van der Waals surface area contributed by atoms with E-state index >= 15 is 0 Å². The highest BCUT2D eigenvalue weighted by molar-refractivity contribution is 6.07. The van der Waals surface area contributed by atoms with Crippen molar-refractivity contribution in [3.8, 4) is 11.5 Å². The number of carbonyl (C=O) groups is 1. The molecule has 1 amide bonds. The van der Waals surface area contributed by atoms with Gasteiger partial charge in [0.25, 0.3) is 0 Å². The second kappa shape index (κ2) is 8.32. The maximum Gasteiger partial charge on any atom is 0.244 e. The van der Waals surface area contributed by atoms with Gasteiger partial charge in [-0.1, -0.05) is 30.3 Å². The highest BCUT2D eigenvalue weighted by Gasteiger charge is 2.33. The van der Waals surface area contributed by atoms with Gasteiger partial charge >= 0.3 is 0 Å². The Morgan fingerprint density at radius 1 is 1.15 bits per heavy atom. The van der Waals surface area contributed by atoms with Crippen molar-refractivity contribution >= 4 is 28.1 Å². The Kier molecular flexibility index (Phi) is 5.01. The Balaban J connectivity index is 1.48. The van der Waals surface area contributed by atoms with E-state index in [4.69, 9.17) is 11.3 Å². The van der Waals surface area contributed by atoms with Crippen molar-refractivity contribution in [3.63, 3.8) is 0 Å². The molecule has 3 aromatic carbocycles. The molecular weight excluding hydrogens is 426 g/mol. The summed E-state index contributed by atoms with van der Waals surface area (Å²) in [7, 11) is 0. The topological polar surface area (TPSA) is 63.8 Å². The van der Waals surface area contributed by atoms with Crippen LogP contribution in [0.2, 0.25) is 0 Å². The SMILES string of the molecule is [C-]#[N+]c1ccc2cc1Oc1ccc3cccc(c3c1)N1CC[C@H](NCCc3cncn3C2)C1=O. The predicted octanol–water partition coefficient (Wildman–Crippen LogP) is 4.68. The number of carbonyl (C=O) groups excluding carboxylic acids is 1. The van der Waals surface area contributed by atoms with Gasteiger partial charge in [0.15, 0.2) is 0 Å². The number of ether oxygens (including phenoxy) is 1. The Morgan fingerprint density at radius 3 is 3.00 bits per heavy atom. The molecule has 6 bridgehead atoms. The molecule has 3 heterocycles. The summed E-state index contributed by atoms with van der Waals surface area (Å²) in [5.74, 6) is 1.25. The number of imidazole rings is 1. The standard InChI is InChI=1S/C27H23N5O2/c1-28-23-8-5-18-13-26(23)34-21-7-6-19-3-2-4-25(22(19)14-21)32-12-10-24(27(32)33)30-11-9-20-15-29-17-31(20)16-18/h2-8,13-15,17,24,30H,9-12,16H2/t24-/m0/s1. The van der Waals surface area contributed by atoms with Crippen LogP contribution in [0.1, 0.15) is 17.7 Å². The van der Waals surface area contributed by atoms with Gasteiger partial charge < -0.3 is 19.5 Å². The third-order valence-corrected chi connectivity index (χ3v) is 6.62. The first-order valence-electron chi connectivity index (χ1n) is 11.4. The zero-order chi connectivity index (χ0) is 23.1. The summed E-state index contributed by atoms with van der Waals surface area (Å²) < 4.78 is 8.35. The smallest absolute Gasteiger partial charge is 0.244 e. The molecule has 1 atom stereocenters. The highest BCUT2D eigenvalue weighted by Crippen LogP contribution is 2.37. The number of anilines is 1.